The summed E-state index contributed by atoms with van der Waals surface area (Å²) in [5, 5.41) is 0. The molecule has 0 unspecified atom stereocenters. The number of carbonyl (C=O) groups excluding carboxylic acids is 1. The number of esters is 1. The van der Waals surface area contributed by atoms with Crippen LogP contribution >= 0.6 is 0 Å². The molecule has 0 heterocycles. The van der Waals surface area contributed by atoms with E-state index in [-0.39, 0.29) is 11.9 Å². The van der Waals surface area contributed by atoms with Crippen LogP contribution in [0.15, 0.2) is 0 Å². The predicted octanol–water partition coefficient (Wildman–Crippen LogP) is 2.13. The molecule has 0 atom stereocenters. The lowest BCUT2D eigenvalue weighted by Gasteiger charge is -2.07. The van der Waals surface area contributed by atoms with Gasteiger partial charge < -0.3 is 4.74 Å². The van der Waals surface area contributed by atoms with E-state index in [1.165, 1.54) is 12.8 Å². The Labute approximate surface area is 67.9 Å². The Hall–Kier alpha value is -0.530. The normalized spacial score (nSPS) is 18.6. The Morgan fingerprint density at radius 2 is 2.09 bits per heavy atom. The predicted molar refractivity (Wildman–Crippen MR) is 43.2 cm³/mol. The van der Waals surface area contributed by atoms with E-state index in [9.17, 15) is 4.79 Å². The van der Waals surface area contributed by atoms with E-state index >= 15 is 0 Å². The van der Waals surface area contributed by atoms with Gasteiger partial charge in [0.2, 0.25) is 0 Å². The summed E-state index contributed by atoms with van der Waals surface area (Å²) in [7, 11) is 0. The lowest BCUT2D eigenvalue weighted by molar-refractivity contribution is -0.148. The fourth-order valence-electron chi connectivity index (χ4n) is 1.48. The van der Waals surface area contributed by atoms with Crippen LogP contribution in [0, 0.1) is 5.92 Å². The van der Waals surface area contributed by atoms with E-state index < -0.39 is 0 Å². The van der Waals surface area contributed by atoms with Crippen molar-refractivity contribution in [2.75, 3.05) is 6.61 Å². The maximum Gasteiger partial charge on any atom is 0.308 e. The monoisotopic (exact) mass is 156 g/mol. The first-order valence-electron chi connectivity index (χ1n) is 4.51. The van der Waals surface area contributed by atoms with Crippen LogP contribution in [-0.2, 0) is 9.53 Å². The number of rotatable bonds is 3. The first-order chi connectivity index (χ1) is 5.34. The van der Waals surface area contributed by atoms with Crippen molar-refractivity contribution in [3.8, 4) is 0 Å². The SMILES string of the molecule is CCCOC(=O)C1CCCC1. The number of hydrogen-bond donors (Lipinski definition) is 0. The van der Waals surface area contributed by atoms with Gasteiger partial charge in [-0.05, 0) is 19.3 Å². The molecule has 0 aliphatic heterocycles. The van der Waals surface area contributed by atoms with Gasteiger partial charge >= 0.3 is 5.97 Å². The van der Waals surface area contributed by atoms with Crippen LogP contribution in [0.25, 0.3) is 0 Å². The fraction of sp³-hybridized carbons (Fsp3) is 0.889. The van der Waals surface area contributed by atoms with Crippen molar-refractivity contribution >= 4 is 5.97 Å². The van der Waals surface area contributed by atoms with Crippen molar-refractivity contribution in [2.24, 2.45) is 5.92 Å². The largest absolute Gasteiger partial charge is 0.465 e. The minimum atomic E-state index is 0.0318. The van der Waals surface area contributed by atoms with Gasteiger partial charge in [0.05, 0.1) is 12.5 Å². The van der Waals surface area contributed by atoms with Crippen molar-refractivity contribution in [1.82, 2.24) is 0 Å². The second kappa shape index (κ2) is 4.37. The molecule has 64 valence electrons. The number of ether oxygens (including phenoxy) is 1. The summed E-state index contributed by atoms with van der Waals surface area (Å²) in [6.45, 7) is 2.61. The topological polar surface area (TPSA) is 26.3 Å². The Morgan fingerprint density at radius 1 is 1.45 bits per heavy atom. The van der Waals surface area contributed by atoms with E-state index in [1.54, 1.807) is 0 Å². The maximum absolute atomic E-state index is 11.2. The third-order valence-corrected chi connectivity index (χ3v) is 2.14. The molecule has 0 spiro atoms. The number of hydrogen-bond acceptors (Lipinski definition) is 2. The Kier molecular flexibility index (Phi) is 3.40. The highest BCUT2D eigenvalue weighted by Gasteiger charge is 2.23. The molecular weight excluding hydrogens is 140 g/mol. The van der Waals surface area contributed by atoms with E-state index in [0.29, 0.717) is 6.61 Å². The quantitative estimate of drug-likeness (QED) is 0.585. The molecule has 1 saturated carbocycles. The van der Waals surface area contributed by atoms with Crippen LogP contribution < -0.4 is 0 Å². The van der Waals surface area contributed by atoms with Gasteiger partial charge in [0.1, 0.15) is 0 Å². The summed E-state index contributed by atoms with van der Waals surface area (Å²) < 4.78 is 5.04. The van der Waals surface area contributed by atoms with E-state index in [1.807, 2.05) is 6.92 Å². The van der Waals surface area contributed by atoms with Crippen molar-refractivity contribution in [3.63, 3.8) is 0 Å². The molecule has 1 rings (SSSR count). The standard InChI is InChI=1S/C9H16O2/c1-2-7-11-9(10)8-5-3-4-6-8/h8H,2-7H2,1H3. The van der Waals surface area contributed by atoms with Crippen LogP contribution in [0.5, 0.6) is 0 Å². The molecule has 0 aromatic carbocycles. The molecule has 1 fully saturated rings. The van der Waals surface area contributed by atoms with E-state index in [0.717, 1.165) is 19.3 Å². The summed E-state index contributed by atoms with van der Waals surface area (Å²) >= 11 is 0. The average molecular weight is 156 g/mol. The van der Waals surface area contributed by atoms with Crippen LogP contribution in [0.3, 0.4) is 0 Å². The zero-order valence-electron chi connectivity index (χ0n) is 7.14. The van der Waals surface area contributed by atoms with Gasteiger partial charge in [-0.1, -0.05) is 19.8 Å². The molecule has 11 heavy (non-hydrogen) atoms. The molecule has 0 bridgehead atoms. The summed E-state index contributed by atoms with van der Waals surface area (Å²) in [6.07, 6.45) is 5.42. The Bertz CT molecular complexity index is 126. The fourth-order valence-corrected chi connectivity index (χ4v) is 1.48. The lowest BCUT2D eigenvalue weighted by Crippen LogP contribution is -2.14. The van der Waals surface area contributed by atoms with Gasteiger partial charge in [-0.15, -0.1) is 0 Å². The van der Waals surface area contributed by atoms with Crippen molar-refractivity contribution < 1.29 is 9.53 Å². The number of carbonyl (C=O) groups is 1. The van der Waals surface area contributed by atoms with Crippen LogP contribution in [0.1, 0.15) is 39.0 Å². The first-order valence-corrected chi connectivity index (χ1v) is 4.51. The Balaban J connectivity index is 2.17. The van der Waals surface area contributed by atoms with Gasteiger partial charge in [0.15, 0.2) is 0 Å². The first kappa shape index (κ1) is 8.57. The second-order valence-corrected chi connectivity index (χ2v) is 3.15. The Morgan fingerprint density at radius 3 is 2.64 bits per heavy atom. The summed E-state index contributed by atoms with van der Waals surface area (Å²) in [6, 6.07) is 0. The van der Waals surface area contributed by atoms with Gasteiger partial charge in [-0.2, -0.15) is 0 Å². The third-order valence-electron chi connectivity index (χ3n) is 2.14. The summed E-state index contributed by atoms with van der Waals surface area (Å²) in [5.74, 6) is 0.255. The molecule has 0 aromatic heterocycles. The minimum absolute atomic E-state index is 0.0318. The van der Waals surface area contributed by atoms with E-state index in [2.05, 4.69) is 0 Å². The van der Waals surface area contributed by atoms with Gasteiger partial charge in [-0.25, -0.2) is 0 Å². The lowest BCUT2D eigenvalue weighted by atomic mass is 10.1. The molecule has 0 saturated heterocycles. The van der Waals surface area contributed by atoms with Gasteiger partial charge in [0, 0.05) is 0 Å². The van der Waals surface area contributed by atoms with Crippen molar-refractivity contribution in [1.29, 1.82) is 0 Å². The molecule has 0 N–H and O–H groups in total. The molecule has 0 radical (unpaired) electrons. The molecule has 0 aromatic rings. The highest BCUT2D eigenvalue weighted by molar-refractivity contribution is 5.72. The molecular formula is C9H16O2. The van der Waals surface area contributed by atoms with Crippen molar-refractivity contribution in [2.45, 2.75) is 39.0 Å². The average Bonchev–Trinajstić information content (AvgIpc) is 2.52. The van der Waals surface area contributed by atoms with Crippen molar-refractivity contribution in [3.05, 3.63) is 0 Å². The van der Waals surface area contributed by atoms with Crippen LogP contribution in [-0.4, -0.2) is 12.6 Å². The molecule has 2 nitrogen and oxygen atoms in total. The molecule has 1 aliphatic carbocycles. The summed E-state index contributed by atoms with van der Waals surface area (Å²) in [5.41, 5.74) is 0. The molecule has 2 heteroatoms. The van der Waals surface area contributed by atoms with E-state index in [4.69, 9.17) is 4.74 Å². The third kappa shape index (κ3) is 2.52. The highest BCUT2D eigenvalue weighted by atomic mass is 16.5. The highest BCUT2D eigenvalue weighted by Crippen LogP contribution is 2.25. The van der Waals surface area contributed by atoms with Crippen LogP contribution in [0.4, 0.5) is 0 Å². The minimum Gasteiger partial charge on any atom is -0.465 e. The smallest absolute Gasteiger partial charge is 0.308 e. The summed E-state index contributed by atoms with van der Waals surface area (Å²) in [4.78, 5) is 11.2. The maximum atomic E-state index is 11.2. The zero-order valence-corrected chi connectivity index (χ0v) is 7.14. The van der Waals surface area contributed by atoms with Gasteiger partial charge in [-0.3, -0.25) is 4.79 Å². The zero-order chi connectivity index (χ0) is 8.10. The van der Waals surface area contributed by atoms with Crippen LogP contribution in [0.2, 0.25) is 0 Å². The molecule has 1 aliphatic rings. The second-order valence-electron chi connectivity index (χ2n) is 3.15. The van der Waals surface area contributed by atoms with Gasteiger partial charge in [0.25, 0.3) is 0 Å². The molecule has 0 amide bonds.